The number of carbonyl (C=O) groups is 1. The van der Waals surface area contributed by atoms with Gasteiger partial charge in [-0.25, -0.2) is 5.43 Å². The number of rotatable bonds is 5. The molecule has 0 aliphatic carbocycles. The Morgan fingerprint density at radius 1 is 1.28 bits per heavy atom. The number of nitrogens with zero attached hydrogens (tertiary/aromatic N) is 1. The van der Waals surface area contributed by atoms with Crippen molar-refractivity contribution in [1.29, 1.82) is 0 Å². The third kappa shape index (κ3) is 4.29. The van der Waals surface area contributed by atoms with Crippen LogP contribution in [0.2, 0.25) is 0 Å². The number of amides is 1. The summed E-state index contributed by atoms with van der Waals surface area (Å²) in [6.07, 6.45) is 2.77. The van der Waals surface area contributed by atoms with Crippen molar-refractivity contribution in [2.75, 3.05) is 0 Å². The summed E-state index contributed by atoms with van der Waals surface area (Å²) in [4.78, 5) is 15.3. The van der Waals surface area contributed by atoms with E-state index in [0.29, 0.717) is 5.75 Å². The molecule has 0 radical (unpaired) electrons. The van der Waals surface area contributed by atoms with Crippen molar-refractivity contribution >= 4 is 54.9 Å². The second kappa shape index (κ2) is 7.84. The zero-order valence-corrected chi connectivity index (χ0v) is 16.5. The van der Waals surface area contributed by atoms with E-state index >= 15 is 0 Å². The summed E-state index contributed by atoms with van der Waals surface area (Å²) in [7, 11) is 0. The van der Waals surface area contributed by atoms with E-state index in [1.54, 1.807) is 19.2 Å². The minimum atomic E-state index is -0.673. The fourth-order valence-corrected chi connectivity index (χ4v) is 3.00. The molecular formula is C18H15Br2N3O2. The first-order valence-electron chi connectivity index (χ1n) is 7.55. The first-order chi connectivity index (χ1) is 12.0. The average molecular weight is 465 g/mol. The van der Waals surface area contributed by atoms with Gasteiger partial charge in [0, 0.05) is 27.1 Å². The number of ether oxygens (including phenoxy) is 1. The molecule has 0 saturated carbocycles. The quantitative estimate of drug-likeness (QED) is 0.427. The Balaban J connectivity index is 1.64. The summed E-state index contributed by atoms with van der Waals surface area (Å²) in [6.45, 7) is 1.67. The first kappa shape index (κ1) is 17.7. The van der Waals surface area contributed by atoms with E-state index in [1.165, 1.54) is 0 Å². The minimum Gasteiger partial charge on any atom is -0.480 e. The number of aromatic nitrogens is 1. The Labute approximate surface area is 161 Å². The zero-order chi connectivity index (χ0) is 17.8. The van der Waals surface area contributed by atoms with Crippen molar-refractivity contribution in [3.63, 3.8) is 0 Å². The van der Waals surface area contributed by atoms with Gasteiger partial charge < -0.3 is 9.72 Å². The van der Waals surface area contributed by atoms with E-state index in [-0.39, 0.29) is 5.91 Å². The molecule has 25 heavy (non-hydrogen) atoms. The molecule has 1 atom stereocenters. The highest BCUT2D eigenvalue weighted by molar-refractivity contribution is 9.10. The molecule has 0 saturated heterocycles. The van der Waals surface area contributed by atoms with E-state index in [9.17, 15) is 4.79 Å². The monoisotopic (exact) mass is 463 g/mol. The maximum absolute atomic E-state index is 12.1. The SMILES string of the molecule is C[C@H](Oc1ccccc1Br)C(=O)N/N=C\c1c[nH]c2ccc(Br)cc12. The molecule has 0 bridgehead atoms. The lowest BCUT2D eigenvalue weighted by atomic mass is 10.2. The van der Waals surface area contributed by atoms with Crippen LogP contribution in [0.4, 0.5) is 0 Å². The molecule has 1 amide bonds. The van der Waals surface area contributed by atoms with Crippen molar-refractivity contribution in [1.82, 2.24) is 10.4 Å². The van der Waals surface area contributed by atoms with Gasteiger partial charge in [-0.3, -0.25) is 4.79 Å². The van der Waals surface area contributed by atoms with Gasteiger partial charge in [0.15, 0.2) is 6.10 Å². The van der Waals surface area contributed by atoms with Gasteiger partial charge >= 0.3 is 0 Å². The topological polar surface area (TPSA) is 66.5 Å². The third-order valence-electron chi connectivity index (χ3n) is 3.56. The normalized spacial score (nSPS) is 12.4. The second-order valence-electron chi connectivity index (χ2n) is 5.36. The maximum Gasteiger partial charge on any atom is 0.280 e. The number of nitrogens with one attached hydrogen (secondary N) is 2. The van der Waals surface area contributed by atoms with Gasteiger partial charge in [-0.15, -0.1) is 0 Å². The minimum absolute atomic E-state index is 0.326. The van der Waals surface area contributed by atoms with Gasteiger partial charge in [-0.05, 0) is 53.2 Å². The lowest BCUT2D eigenvalue weighted by Crippen LogP contribution is -2.33. The summed E-state index contributed by atoms with van der Waals surface area (Å²) in [5.41, 5.74) is 4.39. The molecular weight excluding hydrogens is 450 g/mol. The largest absolute Gasteiger partial charge is 0.480 e. The number of halogens is 2. The molecule has 0 aliphatic heterocycles. The van der Waals surface area contributed by atoms with Crippen LogP contribution in [0.5, 0.6) is 5.75 Å². The number of benzene rings is 2. The van der Waals surface area contributed by atoms with Crippen LogP contribution in [0.1, 0.15) is 12.5 Å². The highest BCUT2D eigenvalue weighted by Crippen LogP contribution is 2.25. The Hall–Kier alpha value is -2.12. The Morgan fingerprint density at radius 3 is 2.88 bits per heavy atom. The van der Waals surface area contributed by atoms with Crippen LogP contribution in [-0.4, -0.2) is 23.2 Å². The molecule has 0 unspecified atom stereocenters. The molecule has 1 aromatic heterocycles. The molecule has 3 aromatic rings. The van der Waals surface area contributed by atoms with Crippen molar-refractivity contribution < 1.29 is 9.53 Å². The van der Waals surface area contributed by atoms with Gasteiger partial charge in [0.25, 0.3) is 5.91 Å². The van der Waals surface area contributed by atoms with Crippen LogP contribution < -0.4 is 10.2 Å². The maximum atomic E-state index is 12.1. The van der Waals surface area contributed by atoms with Crippen molar-refractivity contribution in [3.05, 3.63) is 63.2 Å². The first-order valence-corrected chi connectivity index (χ1v) is 9.14. The van der Waals surface area contributed by atoms with Gasteiger partial charge in [0.05, 0.1) is 10.7 Å². The summed E-state index contributed by atoms with van der Waals surface area (Å²) in [5, 5.41) is 5.05. The van der Waals surface area contributed by atoms with E-state index in [1.807, 2.05) is 42.6 Å². The summed E-state index contributed by atoms with van der Waals surface area (Å²) in [5.74, 6) is 0.281. The molecule has 3 rings (SSSR count). The number of para-hydroxylation sites is 1. The van der Waals surface area contributed by atoms with E-state index in [4.69, 9.17) is 4.74 Å². The van der Waals surface area contributed by atoms with E-state index < -0.39 is 6.10 Å². The van der Waals surface area contributed by atoms with Crippen LogP contribution in [0, 0.1) is 0 Å². The average Bonchev–Trinajstić information content (AvgIpc) is 2.99. The van der Waals surface area contributed by atoms with Gasteiger partial charge in [0.2, 0.25) is 0 Å². The molecule has 5 nitrogen and oxygen atoms in total. The predicted octanol–water partition coefficient (Wildman–Crippen LogP) is 4.61. The molecule has 128 valence electrons. The van der Waals surface area contributed by atoms with Gasteiger partial charge in [-0.1, -0.05) is 28.1 Å². The molecule has 7 heteroatoms. The number of H-pyrrole nitrogens is 1. The van der Waals surface area contributed by atoms with E-state index in [0.717, 1.165) is 25.4 Å². The molecule has 2 N–H and O–H groups in total. The fraction of sp³-hybridized carbons (Fsp3) is 0.111. The lowest BCUT2D eigenvalue weighted by molar-refractivity contribution is -0.127. The molecule has 0 spiro atoms. The lowest BCUT2D eigenvalue weighted by Gasteiger charge is -2.13. The number of aromatic amines is 1. The molecule has 0 aliphatic rings. The second-order valence-corrected chi connectivity index (χ2v) is 7.13. The Morgan fingerprint density at radius 2 is 2.08 bits per heavy atom. The summed E-state index contributed by atoms with van der Waals surface area (Å²) in [6, 6.07) is 13.3. The van der Waals surface area contributed by atoms with Crippen LogP contribution in [0.3, 0.4) is 0 Å². The number of carbonyl (C=O) groups excluding carboxylic acids is 1. The zero-order valence-electron chi connectivity index (χ0n) is 13.3. The van der Waals surface area contributed by atoms with Crippen LogP contribution in [-0.2, 0) is 4.79 Å². The Bertz CT molecular complexity index is 937. The number of hydrogen-bond acceptors (Lipinski definition) is 3. The number of fused-ring (bicyclic) bond motifs is 1. The highest BCUT2D eigenvalue weighted by atomic mass is 79.9. The van der Waals surface area contributed by atoms with Gasteiger partial charge in [-0.2, -0.15) is 5.10 Å². The fourth-order valence-electron chi connectivity index (χ4n) is 2.26. The van der Waals surface area contributed by atoms with Crippen LogP contribution in [0.15, 0.2) is 62.7 Å². The van der Waals surface area contributed by atoms with Crippen LogP contribution in [0.25, 0.3) is 10.9 Å². The standard InChI is InChI=1S/C18H15Br2N3O2/c1-11(25-17-5-3-2-4-15(17)20)18(24)23-22-10-12-9-21-16-7-6-13(19)8-14(12)16/h2-11,21H,1H3,(H,23,24)/b22-10-/t11-/m0/s1. The predicted molar refractivity (Wildman–Crippen MR) is 106 cm³/mol. The van der Waals surface area contributed by atoms with E-state index in [2.05, 4.69) is 47.4 Å². The summed E-state index contributed by atoms with van der Waals surface area (Å²) >= 11 is 6.84. The van der Waals surface area contributed by atoms with Crippen molar-refractivity contribution in [2.24, 2.45) is 5.10 Å². The highest BCUT2D eigenvalue weighted by Gasteiger charge is 2.15. The third-order valence-corrected chi connectivity index (χ3v) is 4.71. The number of hydrazone groups is 1. The molecule has 1 heterocycles. The molecule has 2 aromatic carbocycles. The summed E-state index contributed by atoms with van der Waals surface area (Å²) < 4.78 is 7.41. The van der Waals surface area contributed by atoms with Crippen LogP contribution >= 0.6 is 31.9 Å². The molecule has 0 fully saturated rings. The van der Waals surface area contributed by atoms with Crippen molar-refractivity contribution in [3.8, 4) is 5.75 Å². The number of hydrogen-bond donors (Lipinski definition) is 2. The van der Waals surface area contributed by atoms with Crippen molar-refractivity contribution in [2.45, 2.75) is 13.0 Å². The smallest absolute Gasteiger partial charge is 0.280 e. The Kier molecular flexibility index (Phi) is 5.55. The van der Waals surface area contributed by atoms with Gasteiger partial charge in [0.1, 0.15) is 5.75 Å².